The van der Waals surface area contributed by atoms with E-state index in [1.807, 2.05) is 24.3 Å². The molecule has 1 unspecified atom stereocenters. The molecule has 146 valence electrons. The number of ether oxygens (including phenoxy) is 2. The lowest BCUT2D eigenvalue weighted by molar-refractivity contribution is 0.146. The number of alkyl carbamates (subject to hydrolysis) is 1. The molecule has 26 heavy (non-hydrogen) atoms. The zero-order valence-corrected chi connectivity index (χ0v) is 16.5. The van der Waals surface area contributed by atoms with E-state index in [-0.39, 0.29) is 6.04 Å². The smallest absolute Gasteiger partial charge is 0.407 e. The molecule has 0 heterocycles. The van der Waals surface area contributed by atoms with Crippen LogP contribution in [0.2, 0.25) is 0 Å². The van der Waals surface area contributed by atoms with Gasteiger partial charge in [0.25, 0.3) is 0 Å². The summed E-state index contributed by atoms with van der Waals surface area (Å²) in [6.07, 6.45) is 0.451. The van der Waals surface area contributed by atoms with Crippen molar-refractivity contribution in [2.45, 2.75) is 39.8 Å². The monoisotopic (exact) mass is 364 g/mol. The molecular weight excluding hydrogens is 332 g/mol. The van der Waals surface area contributed by atoms with Gasteiger partial charge >= 0.3 is 6.09 Å². The minimum atomic E-state index is -0.392. The molecule has 0 radical (unpaired) electrons. The van der Waals surface area contributed by atoms with Crippen molar-refractivity contribution in [1.82, 2.24) is 16.0 Å². The first-order valence-corrected chi connectivity index (χ1v) is 8.99. The number of aliphatic imine (C=N–C) groups is 1. The molecule has 0 aliphatic heterocycles. The number of nitrogens with zero attached hydrogens (tertiary/aromatic N) is 1. The number of carbonyl (C=O) groups is 1. The van der Waals surface area contributed by atoms with E-state index < -0.39 is 6.09 Å². The number of hydrogen-bond acceptors (Lipinski definition) is 4. The number of hydrogen-bond donors (Lipinski definition) is 3. The van der Waals surface area contributed by atoms with Crippen LogP contribution in [0.25, 0.3) is 0 Å². The zero-order chi connectivity index (χ0) is 19.4. The van der Waals surface area contributed by atoms with Gasteiger partial charge in [0.2, 0.25) is 0 Å². The van der Waals surface area contributed by atoms with Crippen molar-refractivity contribution >= 4 is 12.1 Å². The van der Waals surface area contributed by atoms with E-state index in [2.05, 4.69) is 34.8 Å². The maximum absolute atomic E-state index is 11.7. The van der Waals surface area contributed by atoms with Crippen LogP contribution in [0.15, 0.2) is 29.3 Å². The summed E-state index contributed by atoms with van der Waals surface area (Å²) in [7, 11) is 3.37. The normalized spacial score (nSPS) is 12.5. The lowest BCUT2D eigenvalue weighted by atomic mass is 10.0. The van der Waals surface area contributed by atoms with Crippen LogP contribution in [0.5, 0.6) is 5.75 Å². The van der Waals surface area contributed by atoms with Gasteiger partial charge in [0, 0.05) is 31.7 Å². The molecule has 1 aromatic carbocycles. The van der Waals surface area contributed by atoms with Crippen molar-refractivity contribution < 1.29 is 14.3 Å². The number of para-hydroxylation sites is 1. The highest BCUT2D eigenvalue weighted by atomic mass is 16.5. The van der Waals surface area contributed by atoms with Gasteiger partial charge in [0.15, 0.2) is 5.96 Å². The number of amides is 1. The van der Waals surface area contributed by atoms with Gasteiger partial charge in [0.1, 0.15) is 5.75 Å². The highest BCUT2D eigenvalue weighted by Gasteiger charge is 2.15. The second-order valence-electron chi connectivity index (χ2n) is 6.31. The van der Waals surface area contributed by atoms with E-state index in [4.69, 9.17) is 9.47 Å². The molecule has 1 rings (SSSR count). The van der Waals surface area contributed by atoms with Gasteiger partial charge in [-0.15, -0.1) is 0 Å². The summed E-state index contributed by atoms with van der Waals surface area (Å²) in [5, 5.41) is 9.41. The van der Waals surface area contributed by atoms with Gasteiger partial charge in [-0.1, -0.05) is 32.0 Å². The number of benzene rings is 1. The van der Waals surface area contributed by atoms with E-state index in [1.54, 1.807) is 21.1 Å². The van der Waals surface area contributed by atoms with Gasteiger partial charge in [-0.3, -0.25) is 4.99 Å². The van der Waals surface area contributed by atoms with Crippen molar-refractivity contribution in [3.63, 3.8) is 0 Å². The van der Waals surface area contributed by atoms with Gasteiger partial charge < -0.3 is 25.4 Å². The van der Waals surface area contributed by atoms with E-state index in [0.717, 1.165) is 17.7 Å². The van der Waals surface area contributed by atoms with Crippen LogP contribution >= 0.6 is 0 Å². The summed E-state index contributed by atoms with van der Waals surface area (Å²) in [5.74, 6) is 1.94. The van der Waals surface area contributed by atoms with Crippen LogP contribution in [-0.2, 0) is 11.3 Å². The number of methoxy groups -OCH3 is 1. The minimum Gasteiger partial charge on any atom is -0.496 e. The molecule has 0 aliphatic carbocycles. The highest BCUT2D eigenvalue weighted by molar-refractivity contribution is 5.79. The topological polar surface area (TPSA) is 84.0 Å². The van der Waals surface area contributed by atoms with Crippen LogP contribution in [0, 0.1) is 5.92 Å². The maximum Gasteiger partial charge on any atom is 0.407 e. The Balaban J connectivity index is 2.57. The molecule has 0 aliphatic rings. The minimum absolute atomic E-state index is 0.0427. The Hall–Kier alpha value is -2.44. The summed E-state index contributed by atoms with van der Waals surface area (Å²) in [6, 6.07) is 7.79. The van der Waals surface area contributed by atoms with Gasteiger partial charge in [-0.25, -0.2) is 4.79 Å². The summed E-state index contributed by atoms with van der Waals surface area (Å²) < 4.78 is 10.3. The third-order valence-corrected chi connectivity index (χ3v) is 3.73. The SMILES string of the molecule is CCOC(=O)NC(CNC(=NC)NCc1ccccc1OC)CC(C)C. The van der Waals surface area contributed by atoms with E-state index in [1.165, 1.54) is 0 Å². The largest absolute Gasteiger partial charge is 0.496 e. The van der Waals surface area contributed by atoms with Gasteiger partial charge in [0.05, 0.1) is 13.7 Å². The molecule has 0 saturated carbocycles. The van der Waals surface area contributed by atoms with Crippen LogP contribution in [0.1, 0.15) is 32.8 Å². The molecular formula is C19H32N4O3. The Labute approximate surface area is 156 Å². The average molecular weight is 364 g/mol. The lowest BCUT2D eigenvalue weighted by Gasteiger charge is -2.22. The molecule has 0 aromatic heterocycles. The standard InChI is InChI=1S/C19H32N4O3/c1-6-26-19(24)23-16(11-14(2)3)13-22-18(20-4)21-12-15-9-7-8-10-17(15)25-5/h7-10,14,16H,6,11-13H2,1-5H3,(H,23,24)(H2,20,21,22). The van der Waals surface area contributed by atoms with Crippen molar-refractivity contribution in [2.75, 3.05) is 27.3 Å². The predicted molar refractivity (Wildman–Crippen MR) is 105 cm³/mol. The molecule has 0 fully saturated rings. The van der Waals surface area contributed by atoms with Crippen LogP contribution in [0.3, 0.4) is 0 Å². The second kappa shape index (κ2) is 12.0. The van der Waals surface area contributed by atoms with Crippen molar-refractivity contribution in [1.29, 1.82) is 0 Å². The fraction of sp³-hybridized carbons (Fsp3) is 0.579. The fourth-order valence-corrected chi connectivity index (χ4v) is 2.57. The third kappa shape index (κ3) is 8.09. The van der Waals surface area contributed by atoms with Crippen LogP contribution < -0.4 is 20.7 Å². The molecule has 7 nitrogen and oxygen atoms in total. The van der Waals surface area contributed by atoms with Crippen LogP contribution in [0.4, 0.5) is 4.79 Å². The molecule has 1 aromatic rings. The fourth-order valence-electron chi connectivity index (χ4n) is 2.57. The third-order valence-electron chi connectivity index (χ3n) is 3.73. The quantitative estimate of drug-likeness (QED) is 0.463. The van der Waals surface area contributed by atoms with Crippen molar-refractivity contribution in [2.24, 2.45) is 10.9 Å². The molecule has 0 saturated heterocycles. The van der Waals surface area contributed by atoms with E-state index in [9.17, 15) is 4.79 Å². The van der Waals surface area contributed by atoms with Gasteiger partial charge in [-0.05, 0) is 25.3 Å². The summed E-state index contributed by atoms with van der Waals surface area (Å²) in [6.45, 7) is 7.53. The van der Waals surface area contributed by atoms with Crippen LogP contribution in [-0.4, -0.2) is 45.4 Å². The second-order valence-corrected chi connectivity index (χ2v) is 6.31. The first-order valence-electron chi connectivity index (χ1n) is 8.99. The number of carbonyl (C=O) groups excluding carboxylic acids is 1. The average Bonchev–Trinajstić information content (AvgIpc) is 2.61. The zero-order valence-electron chi connectivity index (χ0n) is 16.5. The van der Waals surface area contributed by atoms with Crippen molar-refractivity contribution in [3.8, 4) is 5.75 Å². The van der Waals surface area contributed by atoms with Crippen molar-refractivity contribution in [3.05, 3.63) is 29.8 Å². The Morgan fingerprint density at radius 3 is 2.58 bits per heavy atom. The predicted octanol–water partition coefficient (Wildman–Crippen LogP) is 2.52. The van der Waals surface area contributed by atoms with E-state index >= 15 is 0 Å². The molecule has 1 atom stereocenters. The summed E-state index contributed by atoms with van der Waals surface area (Å²) >= 11 is 0. The van der Waals surface area contributed by atoms with Gasteiger partial charge in [-0.2, -0.15) is 0 Å². The molecule has 1 amide bonds. The first-order chi connectivity index (χ1) is 12.5. The summed E-state index contributed by atoms with van der Waals surface area (Å²) in [4.78, 5) is 15.9. The number of nitrogens with one attached hydrogen (secondary N) is 3. The Morgan fingerprint density at radius 1 is 1.23 bits per heavy atom. The number of guanidine groups is 1. The molecule has 0 spiro atoms. The molecule has 7 heteroatoms. The number of rotatable bonds is 9. The molecule has 0 bridgehead atoms. The first kappa shape index (κ1) is 21.6. The maximum atomic E-state index is 11.7. The molecule has 3 N–H and O–H groups in total. The lowest BCUT2D eigenvalue weighted by Crippen LogP contribution is -2.47. The van der Waals surface area contributed by atoms with E-state index in [0.29, 0.717) is 31.6 Å². The highest BCUT2D eigenvalue weighted by Crippen LogP contribution is 2.16. The Kier molecular flexibility index (Phi) is 9.97. The summed E-state index contributed by atoms with van der Waals surface area (Å²) in [5.41, 5.74) is 1.04. The Bertz CT molecular complexity index is 576. The Morgan fingerprint density at radius 2 is 1.96 bits per heavy atom.